The van der Waals surface area contributed by atoms with Gasteiger partial charge in [-0.2, -0.15) is 0 Å². The maximum absolute atomic E-state index is 16.0. The van der Waals surface area contributed by atoms with Crippen LogP contribution in [-0.2, 0) is 4.74 Å². The number of nitrogens with one attached hydrogen (secondary N) is 1. The van der Waals surface area contributed by atoms with Gasteiger partial charge in [0, 0.05) is 64.4 Å². The Morgan fingerprint density at radius 1 is 0.936 bits per heavy atom. The van der Waals surface area contributed by atoms with Crippen molar-refractivity contribution in [3.63, 3.8) is 0 Å². The van der Waals surface area contributed by atoms with Crippen LogP contribution in [-0.4, -0.2) is 95.8 Å². The number of benzene rings is 3. The molecule has 1 amide bonds. The van der Waals surface area contributed by atoms with Gasteiger partial charge in [0.05, 0.1) is 24.3 Å². The standard InChI is InChI=1S/C35H34FN7O4/c36-27-21-25-31-33(30(27)37-9-4-10-40-15-17-46-18-16-40)47-29-20-24-6-2-1-5-23(24)19-28(29)43(31)22-26(32(25)44)34(45)41-11-13-42(14-12-41)35-38-7-3-8-39-35/h1-3,5-8,19-22,37H,4,9-18H2. The molecule has 0 bridgehead atoms. The fourth-order valence-electron chi connectivity index (χ4n) is 6.70. The van der Waals surface area contributed by atoms with Crippen LogP contribution < -0.4 is 20.4 Å². The summed E-state index contributed by atoms with van der Waals surface area (Å²) in [5.74, 6) is 0.357. The number of amides is 1. The van der Waals surface area contributed by atoms with E-state index in [9.17, 15) is 9.59 Å². The summed E-state index contributed by atoms with van der Waals surface area (Å²) < 4.78 is 29.7. The predicted octanol–water partition coefficient (Wildman–Crippen LogP) is 4.28. The van der Waals surface area contributed by atoms with E-state index in [2.05, 4.69) is 20.2 Å². The van der Waals surface area contributed by atoms with E-state index >= 15 is 4.39 Å². The zero-order valence-corrected chi connectivity index (χ0v) is 25.8. The Morgan fingerprint density at radius 2 is 1.68 bits per heavy atom. The molecule has 0 atom stereocenters. The second kappa shape index (κ2) is 12.3. The van der Waals surface area contributed by atoms with E-state index < -0.39 is 17.2 Å². The van der Waals surface area contributed by atoms with Crippen molar-refractivity contribution in [2.75, 3.05) is 75.8 Å². The molecule has 2 fully saturated rings. The number of fused-ring (bicyclic) bond motifs is 3. The molecule has 47 heavy (non-hydrogen) atoms. The highest BCUT2D eigenvalue weighted by Gasteiger charge is 2.31. The van der Waals surface area contributed by atoms with Gasteiger partial charge < -0.3 is 29.2 Å². The maximum atomic E-state index is 16.0. The van der Waals surface area contributed by atoms with E-state index in [0.717, 1.165) is 50.0 Å². The van der Waals surface area contributed by atoms with Crippen molar-refractivity contribution in [2.45, 2.75) is 6.42 Å². The lowest BCUT2D eigenvalue weighted by molar-refractivity contribution is 0.0378. The second-order valence-corrected chi connectivity index (χ2v) is 12.0. The van der Waals surface area contributed by atoms with Crippen molar-refractivity contribution in [3.8, 4) is 17.2 Å². The first-order valence-electron chi connectivity index (χ1n) is 16.0. The molecule has 0 radical (unpaired) electrons. The Labute approximate surface area is 270 Å². The molecule has 2 saturated heterocycles. The number of hydrogen-bond acceptors (Lipinski definition) is 9. The molecule has 1 N–H and O–H groups in total. The number of hydrogen-bond donors (Lipinski definition) is 1. The predicted molar refractivity (Wildman–Crippen MR) is 178 cm³/mol. The number of nitrogens with zero attached hydrogens (tertiary/aromatic N) is 6. The number of carbonyl (C=O) groups is 1. The largest absolute Gasteiger partial charge is 0.451 e. The van der Waals surface area contributed by atoms with E-state index in [1.54, 1.807) is 29.6 Å². The van der Waals surface area contributed by atoms with Crippen LogP contribution in [0.1, 0.15) is 16.8 Å². The Morgan fingerprint density at radius 3 is 2.45 bits per heavy atom. The Balaban J connectivity index is 1.16. The van der Waals surface area contributed by atoms with Crippen LogP contribution in [0.3, 0.4) is 0 Å². The van der Waals surface area contributed by atoms with Crippen LogP contribution in [0.25, 0.3) is 27.4 Å². The number of anilines is 2. The summed E-state index contributed by atoms with van der Waals surface area (Å²) >= 11 is 0. The van der Waals surface area contributed by atoms with Crippen molar-refractivity contribution >= 4 is 39.2 Å². The van der Waals surface area contributed by atoms with E-state index in [-0.39, 0.29) is 22.4 Å². The first kappa shape index (κ1) is 29.3. The molecule has 0 aliphatic carbocycles. The van der Waals surface area contributed by atoms with Crippen molar-refractivity contribution < 1.29 is 18.7 Å². The molecule has 3 aliphatic heterocycles. The minimum absolute atomic E-state index is 0.0144. The van der Waals surface area contributed by atoms with Gasteiger partial charge >= 0.3 is 0 Å². The topological polar surface area (TPSA) is 105 Å². The monoisotopic (exact) mass is 635 g/mol. The molecule has 0 saturated carbocycles. The fraction of sp³-hybridized carbons (Fsp3) is 0.314. The number of halogens is 1. The number of aromatic nitrogens is 3. The first-order chi connectivity index (χ1) is 23.0. The SMILES string of the molecule is O=C(c1cn2c3c(c(NCCCN4CCOCC4)c(F)cc3c1=O)Oc1cc3ccccc3cc1-2)N1CCN(c2ncccn2)CC1. The van der Waals surface area contributed by atoms with Crippen molar-refractivity contribution in [1.82, 2.24) is 24.3 Å². The third kappa shape index (κ3) is 5.43. The molecule has 2 aromatic heterocycles. The van der Waals surface area contributed by atoms with Gasteiger partial charge in [0.1, 0.15) is 16.8 Å². The molecule has 240 valence electrons. The first-order valence-corrected chi connectivity index (χ1v) is 16.0. The third-order valence-electron chi connectivity index (χ3n) is 9.18. The molecular formula is C35H34FN7O4. The third-order valence-corrected chi connectivity index (χ3v) is 9.18. The maximum Gasteiger partial charge on any atom is 0.259 e. The van der Waals surface area contributed by atoms with Crippen LogP contribution >= 0.6 is 0 Å². The highest BCUT2D eigenvalue weighted by atomic mass is 19.1. The average Bonchev–Trinajstić information content (AvgIpc) is 3.12. The molecule has 3 aliphatic rings. The number of pyridine rings is 1. The summed E-state index contributed by atoms with van der Waals surface area (Å²) in [5, 5.41) is 5.28. The van der Waals surface area contributed by atoms with Crippen LogP contribution in [0.4, 0.5) is 16.0 Å². The summed E-state index contributed by atoms with van der Waals surface area (Å²) in [6.45, 7) is 6.43. The van der Waals surface area contributed by atoms with Crippen LogP contribution in [0.2, 0.25) is 0 Å². The molecule has 5 aromatic rings. The number of ether oxygens (including phenoxy) is 2. The number of rotatable bonds is 7. The van der Waals surface area contributed by atoms with Gasteiger partial charge in [-0.25, -0.2) is 14.4 Å². The van der Waals surface area contributed by atoms with Gasteiger partial charge in [-0.15, -0.1) is 0 Å². The lowest BCUT2D eigenvalue weighted by Gasteiger charge is -2.34. The summed E-state index contributed by atoms with van der Waals surface area (Å²) in [7, 11) is 0. The summed E-state index contributed by atoms with van der Waals surface area (Å²) in [5.41, 5.74) is 0.759. The molecule has 5 heterocycles. The minimum Gasteiger partial charge on any atom is -0.451 e. The van der Waals surface area contributed by atoms with Crippen LogP contribution in [0.5, 0.6) is 11.5 Å². The molecule has 11 nitrogen and oxygen atoms in total. The van der Waals surface area contributed by atoms with Gasteiger partial charge in [0.25, 0.3) is 5.91 Å². The zero-order chi connectivity index (χ0) is 31.9. The smallest absolute Gasteiger partial charge is 0.259 e. The van der Waals surface area contributed by atoms with Gasteiger partial charge in [0.2, 0.25) is 11.4 Å². The van der Waals surface area contributed by atoms with E-state index in [0.29, 0.717) is 55.6 Å². The van der Waals surface area contributed by atoms with E-state index in [4.69, 9.17) is 9.47 Å². The van der Waals surface area contributed by atoms with Crippen molar-refractivity contribution in [3.05, 3.63) is 88.7 Å². The lowest BCUT2D eigenvalue weighted by Crippen LogP contribution is -2.50. The molecule has 0 spiro atoms. The van der Waals surface area contributed by atoms with Crippen molar-refractivity contribution in [2.24, 2.45) is 0 Å². The van der Waals surface area contributed by atoms with Gasteiger partial charge in [-0.1, -0.05) is 24.3 Å². The number of carbonyl (C=O) groups excluding carboxylic acids is 1. The van der Waals surface area contributed by atoms with Crippen LogP contribution in [0.15, 0.2) is 71.9 Å². The molecule has 8 rings (SSSR count). The van der Waals surface area contributed by atoms with Crippen molar-refractivity contribution in [1.29, 1.82) is 0 Å². The lowest BCUT2D eigenvalue weighted by atomic mass is 10.0. The average molecular weight is 636 g/mol. The van der Waals surface area contributed by atoms with Crippen LogP contribution in [0, 0.1) is 5.82 Å². The summed E-state index contributed by atoms with van der Waals surface area (Å²) in [4.78, 5) is 42.6. The zero-order valence-electron chi connectivity index (χ0n) is 25.8. The normalized spacial score (nSPS) is 16.3. The molecule has 0 unspecified atom stereocenters. The van der Waals surface area contributed by atoms with Gasteiger partial charge in [0.15, 0.2) is 17.3 Å². The minimum atomic E-state index is -0.604. The Hall–Kier alpha value is -5.07. The number of piperazine rings is 1. The number of morpholine rings is 1. The molecule has 12 heteroatoms. The van der Waals surface area contributed by atoms with E-state index in [1.807, 2.05) is 45.9 Å². The van der Waals surface area contributed by atoms with Gasteiger partial charge in [-0.05, 0) is 48.0 Å². The van der Waals surface area contributed by atoms with E-state index in [1.165, 1.54) is 6.07 Å². The fourth-order valence-corrected chi connectivity index (χ4v) is 6.70. The highest BCUT2D eigenvalue weighted by Crippen LogP contribution is 2.46. The second-order valence-electron chi connectivity index (χ2n) is 12.0. The van der Waals surface area contributed by atoms with Gasteiger partial charge in [-0.3, -0.25) is 14.5 Å². The summed E-state index contributed by atoms with van der Waals surface area (Å²) in [6, 6.07) is 14.8. The highest BCUT2D eigenvalue weighted by molar-refractivity contribution is 6.02. The summed E-state index contributed by atoms with van der Waals surface area (Å²) in [6.07, 6.45) is 5.76. The quantitative estimate of drug-likeness (QED) is 0.258. The Bertz CT molecular complexity index is 2040. The Kier molecular flexibility index (Phi) is 7.66. The molecular weight excluding hydrogens is 601 g/mol. The molecule has 3 aromatic carbocycles.